The Kier molecular flexibility index (Phi) is 3.92. The Labute approximate surface area is 139 Å². The molecule has 2 aliphatic rings. The maximum Gasteiger partial charge on any atom is 0.252 e. The lowest BCUT2D eigenvalue weighted by atomic mass is 10.1. The molecule has 2 amide bonds. The molecular weight excluding hydrogens is 336 g/mol. The number of thioether (sulfide) groups is 1. The van der Waals surface area contributed by atoms with E-state index in [1.165, 1.54) is 16.7 Å². The Morgan fingerprint density at radius 3 is 2.74 bits per heavy atom. The van der Waals surface area contributed by atoms with Gasteiger partial charge in [-0.25, -0.2) is 8.42 Å². The maximum absolute atomic E-state index is 12.7. The minimum atomic E-state index is -3.08. The minimum Gasteiger partial charge on any atom is -0.351 e. The number of rotatable bonds is 2. The van der Waals surface area contributed by atoms with Crippen LogP contribution < -0.4 is 10.2 Å². The lowest BCUT2D eigenvalue weighted by molar-refractivity contribution is -0.131. The average Bonchev–Trinajstić information content (AvgIpc) is 2.84. The highest BCUT2D eigenvalue weighted by Gasteiger charge is 2.49. The summed E-state index contributed by atoms with van der Waals surface area (Å²) in [5.41, 5.74) is 0.774. The van der Waals surface area contributed by atoms with Crippen LogP contribution in [0.2, 0.25) is 0 Å². The number of benzene rings is 1. The van der Waals surface area contributed by atoms with E-state index in [2.05, 4.69) is 5.32 Å². The van der Waals surface area contributed by atoms with Crippen LogP contribution in [0.15, 0.2) is 29.2 Å². The Morgan fingerprint density at radius 2 is 2.09 bits per heavy atom. The predicted octanol–water partition coefficient (Wildman–Crippen LogP) is 0.817. The minimum absolute atomic E-state index is 0.0555. The first-order chi connectivity index (χ1) is 10.7. The van der Waals surface area contributed by atoms with Crippen molar-refractivity contribution in [2.75, 3.05) is 23.5 Å². The van der Waals surface area contributed by atoms with E-state index in [1.54, 1.807) is 14.0 Å². The number of nitrogens with one attached hydrogen (secondary N) is 1. The van der Waals surface area contributed by atoms with Gasteiger partial charge in [0.05, 0.1) is 17.2 Å². The van der Waals surface area contributed by atoms with Crippen molar-refractivity contribution in [3.63, 3.8) is 0 Å². The van der Waals surface area contributed by atoms with Gasteiger partial charge in [-0.15, -0.1) is 0 Å². The molecule has 6 nitrogen and oxygen atoms in total. The van der Waals surface area contributed by atoms with E-state index >= 15 is 0 Å². The van der Waals surface area contributed by atoms with Crippen molar-refractivity contribution < 1.29 is 18.0 Å². The fraction of sp³-hybridized carbons (Fsp3) is 0.467. The van der Waals surface area contributed by atoms with E-state index in [-0.39, 0.29) is 17.4 Å². The summed E-state index contributed by atoms with van der Waals surface area (Å²) >= 11 is 1.21. The summed E-state index contributed by atoms with van der Waals surface area (Å²) in [6.07, 6.45) is 0.398. The fourth-order valence-electron chi connectivity index (χ4n) is 2.89. The molecule has 2 atom stereocenters. The van der Waals surface area contributed by atoms with Gasteiger partial charge in [0.1, 0.15) is 0 Å². The van der Waals surface area contributed by atoms with Gasteiger partial charge in [-0.3, -0.25) is 9.59 Å². The van der Waals surface area contributed by atoms with E-state index in [1.807, 2.05) is 24.3 Å². The second-order valence-electron chi connectivity index (χ2n) is 6.04. The molecule has 1 aromatic rings. The van der Waals surface area contributed by atoms with Crippen LogP contribution in [0.5, 0.6) is 0 Å². The van der Waals surface area contributed by atoms with Crippen LogP contribution in [0.4, 0.5) is 5.69 Å². The smallest absolute Gasteiger partial charge is 0.252 e. The van der Waals surface area contributed by atoms with Gasteiger partial charge in [-0.05, 0) is 25.5 Å². The standard InChI is InChI=1S/C15H18N2O4S2/c1-15(13(18)16-10-7-8-23(20,21)9-10)14(19)17(2)11-5-3-4-6-12(11)22-15/h3-6,10H,7-9H2,1-2H3,(H,16,18). The molecule has 1 N–H and O–H groups in total. The van der Waals surface area contributed by atoms with Crippen LogP contribution in [-0.2, 0) is 19.4 Å². The summed E-state index contributed by atoms with van der Waals surface area (Å²) in [6.45, 7) is 1.59. The highest BCUT2D eigenvalue weighted by atomic mass is 32.2. The first kappa shape index (κ1) is 16.3. The highest BCUT2D eigenvalue weighted by molar-refractivity contribution is 8.02. The van der Waals surface area contributed by atoms with Gasteiger partial charge in [0.25, 0.3) is 5.91 Å². The van der Waals surface area contributed by atoms with Gasteiger partial charge in [-0.1, -0.05) is 23.9 Å². The molecule has 0 aromatic heterocycles. The van der Waals surface area contributed by atoms with Crippen molar-refractivity contribution in [1.82, 2.24) is 5.32 Å². The van der Waals surface area contributed by atoms with Crippen molar-refractivity contribution in [2.24, 2.45) is 0 Å². The monoisotopic (exact) mass is 354 g/mol. The van der Waals surface area contributed by atoms with Crippen LogP contribution >= 0.6 is 11.8 Å². The summed E-state index contributed by atoms with van der Waals surface area (Å²) in [4.78, 5) is 27.7. The SMILES string of the molecule is CN1C(=O)C(C)(C(=O)NC2CCS(=O)(=O)C2)Sc2ccccc21. The highest BCUT2D eigenvalue weighted by Crippen LogP contribution is 2.44. The number of sulfone groups is 1. The molecule has 1 aromatic carbocycles. The number of hydrogen-bond acceptors (Lipinski definition) is 5. The van der Waals surface area contributed by atoms with Gasteiger partial charge < -0.3 is 10.2 Å². The van der Waals surface area contributed by atoms with Crippen molar-refractivity contribution in [3.8, 4) is 0 Å². The third kappa shape index (κ3) is 2.85. The number of anilines is 1. The summed E-state index contributed by atoms with van der Waals surface area (Å²) < 4.78 is 21.8. The van der Waals surface area contributed by atoms with Gasteiger partial charge in [0.15, 0.2) is 14.6 Å². The van der Waals surface area contributed by atoms with Gasteiger partial charge in [0, 0.05) is 18.0 Å². The molecule has 1 saturated heterocycles. The summed E-state index contributed by atoms with van der Waals surface area (Å²) in [5, 5.41) is 2.74. The molecule has 8 heteroatoms. The van der Waals surface area contributed by atoms with E-state index in [0.717, 1.165) is 10.6 Å². The van der Waals surface area contributed by atoms with E-state index < -0.39 is 26.5 Å². The third-order valence-corrected chi connectivity index (χ3v) is 7.36. The predicted molar refractivity (Wildman–Crippen MR) is 89.3 cm³/mol. The van der Waals surface area contributed by atoms with Crippen molar-refractivity contribution >= 4 is 39.1 Å². The molecule has 1 fully saturated rings. The zero-order valence-electron chi connectivity index (χ0n) is 12.9. The number of fused-ring (bicyclic) bond motifs is 1. The molecule has 2 aliphatic heterocycles. The van der Waals surface area contributed by atoms with E-state index in [9.17, 15) is 18.0 Å². The van der Waals surface area contributed by atoms with Crippen LogP contribution in [0.1, 0.15) is 13.3 Å². The number of hydrogen-bond donors (Lipinski definition) is 1. The number of nitrogens with zero attached hydrogens (tertiary/aromatic N) is 1. The molecule has 124 valence electrons. The van der Waals surface area contributed by atoms with Crippen LogP contribution in [0.25, 0.3) is 0 Å². The molecule has 2 unspecified atom stereocenters. The summed E-state index contributed by atoms with van der Waals surface area (Å²) in [5.74, 6) is -0.714. The molecule has 3 rings (SSSR count). The second kappa shape index (κ2) is 5.52. The van der Waals surface area contributed by atoms with E-state index in [0.29, 0.717) is 6.42 Å². The molecular formula is C15H18N2O4S2. The second-order valence-corrected chi connectivity index (χ2v) is 9.73. The summed E-state index contributed by atoms with van der Waals surface area (Å²) in [6, 6.07) is 6.99. The molecule has 0 spiro atoms. The van der Waals surface area contributed by atoms with Gasteiger partial charge in [0.2, 0.25) is 5.91 Å². The Morgan fingerprint density at radius 1 is 1.39 bits per heavy atom. The lowest BCUT2D eigenvalue weighted by Crippen LogP contribution is -2.57. The Balaban J connectivity index is 1.84. The van der Waals surface area contributed by atoms with Crippen LogP contribution in [-0.4, -0.2) is 49.6 Å². The van der Waals surface area contributed by atoms with Crippen molar-refractivity contribution in [3.05, 3.63) is 24.3 Å². The zero-order chi connectivity index (χ0) is 16.8. The van der Waals surface area contributed by atoms with E-state index in [4.69, 9.17) is 0 Å². The molecule has 2 heterocycles. The topological polar surface area (TPSA) is 83.6 Å². The fourth-order valence-corrected chi connectivity index (χ4v) is 5.83. The normalized spacial score (nSPS) is 29.2. The third-order valence-electron chi connectivity index (χ3n) is 4.25. The molecule has 0 aliphatic carbocycles. The number of para-hydroxylation sites is 1. The van der Waals surface area contributed by atoms with Crippen LogP contribution in [0.3, 0.4) is 0 Å². The van der Waals surface area contributed by atoms with Gasteiger partial charge >= 0.3 is 0 Å². The van der Waals surface area contributed by atoms with Crippen LogP contribution in [0, 0.1) is 0 Å². The Bertz CT molecular complexity index is 777. The average molecular weight is 354 g/mol. The number of amides is 2. The van der Waals surface area contributed by atoms with Gasteiger partial charge in [-0.2, -0.15) is 0 Å². The quantitative estimate of drug-likeness (QED) is 0.795. The lowest BCUT2D eigenvalue weighted by Gasteiger charge is -2.37. The zero-order valence-corrected chi connectivity index (χ0v) is 14.5. The maximum atomic E-state index is 12.7. The summed E-state index contributed by atoms with van der Waals surface area (Å²) in [7, 11) is -1.44. The van der Waals surface area contributed by atoms with Crippen molar-refractivity contribution in [1.29, 1.82) is 0 Å². The number of carbonyl (C=O) groups excluding carboxylic acids is 2. The molecule has 0 saturated carbocycles. The first-order valence-corrected chi connectivity index (χ1v) is 9.94. The molecule has 0 radical (unpaired) electrons. The largest absolute Gasteiger partial charge is 0.351 e. The van der Waals surface area contributed by atoms with Crippen molar-refractivity contribution in [2.45, 2.75) is 29.0 Å². The first-order valence-electron chi connectivity index (χ1n) is 7.30. The molecule has 0 bridgehead atoms. The Hall–Kier alpha value is -1.54. The molecule has 23 heavy (non-hydrogen) atoms. The number of carbonyl (C=O) groups is 2.